The molecule has 1 rings (SSSR count). The van der Waals surface area contributed by atoms with E-state index < -0.39 is 18.2 Å². The first kappa shape index (κ1) is 15.1. The van der Waals surface area contributed by atoms with Gasteiger partial charge in [0.25, 0.3) is 0 Å². The first-order chi connectivity index (χ1) is 8.99. The fourth-order valence-electron chi connectivity index (χ4n) is 1.54. The fourth-order valence-corrected chi connectivity index (χ4v) is 1.54. The third-order valence-corrected chi connectivity index (χ3v) is 2.70. The molecule has 5 heteroatoms. The van der Waals surface area contributed by atoms with Gasteiger partial charge < -0.3 is 10.1 Å². The van der Waals surface area contributed by atoms with Crippen LogP contribution in [0, 0.1) is 5.92 Å². The van der Waals surface area contributed by atoms with E-state index in [1.54, 1.807) is 13.8 Å². The van der Waals surface area contributed by atoms with Crippen LogP contribution in [0.2, 0.25) is 0 Å². The molecule has 1 N–H and O–H groups in total. The van der Waals surface area contributed by atoms with Gasteiger partial charge in [-0.1, -0.05) is 44.2 Å². The van der Waals surface area contributed by atoms with Crippen LogP contribution in [0.3, 0.4) is 0 Å². The van der Waals surface area contributed by atoms with Crippen LogP contribution in [0.5, 0.6) is 0 Å². The van der Waals surface area contributed by atoms with E-state index in [0.29, 0.717) is 0 Å². The molecule has 19 heavy (non-hydrogen) atoms. The highest BCUT2D eigenvalue weighted by Gasteiger charge is 2.20. The molecule has 4 nitrogen and oxygen atoms in total. The Hall–Kier alpha value is -1.91. The number of hydrogen-bond donors (Lipinski definition) is 1. The van der Waals surface area contributed by atoms with Crippen molar-refractivity contribution in [3.05, 3.63) is 35.9 Å². The Morgan fingerprint density at radius 3 is 2.42 bits per heavy atom. The van der Waals surface area contributed by atoms with Crippen molar-refractivity contribution < 1.29 is 18.7 Å². The van der Waals surface area contributed by atoms with Crippen molar-refractivity contribution in [2.45, 2.75) is 32.9 Å². The molecule has 1 aromatic carbocycles. The first-order valence-electron chi connectivity index (χ1n) is 6.14. The predicted octanol–water partition coefficient (Wildman–Crippen LogP) is 2.82. The van der Waals surface area contributed by atoms with E-state index in [2.05, 4.69) is 5.32 Å². The maximum atomic E-state index is 12.4. The van der Waals surface area contributed by atoms with Crippen molar-refractivity contribution in [2.75, 3.05) is 0 Å². The molecule has 0 aromatic heterocycles. The average Bonchev–Trinajstić information content (AvgIpc) is 2.36. The van der Waals surface area contributed by atoms with Gasteiger partial charge in [0, 0.05) is 6.04 Å². The number of amides is 1. The number of nitrogens with one attached hydrogen (secondary N) is 1. The molecule has 0 aliphatic heterocycles. The molecule has 0 heterocycles. The van der Waals surface area contributed by atoms with Gasteiger partial charge in [-0.2, -0.15) is 4.39 Å². The maximum absolute atomic E-state index is 12.4. The summed E-state index contributed by atoms with van der Waals surface area (Å²) in [5, 5.41) is 2.50. The third kappa shape index (κ3) is 5.99. The smallest absolute Gasteiger partial charge is 0.407 e. The minimum atomic E-state index is -1.44. The van der Waals surface area contributed by atoms with Gasteiger partial charge >= 0.3 is 12.1 Å². The van der Waals surface area contributed by atoms with Crippen LogP contribution in [0.4, 0.5) is 9.18 Å². The van der Waals surface area contributed by atoms with Gasteiger partial charge in [-0.25, -0.2) is 4.79 Å². The zero-order valence-corrected chi connectivity index (χ0v) is 11.1. The Bertz CT molecular complexity index is 420. The van der Waals surface area contributed by atoms with Crippen molar-refractivity contribution in [3.8, 4) is 0 Å². The van der Waals surface area contributed by atoms with E-state index in [9.17, 15) is 14.0 Å². The Balaban J connectivity index is 2.42. The highest BCUT2D eigenvalue weighted by atomic mass is 19.1. The minimum Gasteiger partial charge on any atom is -0.445 e. The summed E-state index contributed by atoms with van der Waals surface area (Å²) in [6.07, 6.45) is -0.984. The van der Waals surface area contributed by atoms with Crippen LogP contribution in [0.15, 0.2) is 30.3 Å². The Morgan fingerprint density at radius 2 is 1.89 bits per heavy atom. The van der Waals surface area contributed by atoms with Crippen LogP contribution < -0.4 is 5.32 Å². The van der Waals surface area contributed by atoms with E-state index in [1.165, 1.54) is 0 Å². The number of hydrogen-bond acceptors (Lipinski definition) is 3. The molecule has 1 aromatic rings. The minimum absolute atomic E-state index is 0.0519. The van der Waals surface area contributed by atoms with E-state index >= 15 is 0 Å². The van der Waals surface area contributed by atoms with Crippen LogP contribution in [-0.4, -0.2) is 18.2 Å². The topological polar surface area (TPSA) is 55.4 Å². The van der Waals surface area contributed by atoms with Gasteiger partial charge in [-0.05, 0) is 11.5 Å². The van der Waals surface area contributed by atoms with Crippen LogP contribution in [0.1, 0.15) is 25.8 Å². The SMILES string of the molecule is CC(C)[C@@H](CC(=O)F)NC(=O)OCc1ccccc1. The summed E-state index contributed by atoms with van der Waals surface area (Å²) >= 11 is 0. The van der Waals surface area contributed by atoms with Gasteiger partial charge in [0.2, 0.25) is 0 Å². The van der Waals surface area contributed by atoms with Gasteiger partial charge in [0.1, 0.15) is 6.61 Å². The zero-order valence-electron chi connectivity index (χ0n) is 11.1. The van der Waals surface area contributed by atoms with Gasteiger partial charge in [0.15, 0.2) is 0 Å². The molecule has 0 bridgehead atoms. The molecule has 0 fully saturated rings. The molecular formula is C14H18FNO3. The third-order valence-electron chi connectivity index (χ3n) is 2.70. The Morgan fingerprint density at radius 1 is 1.26 bits per heavy atom. The summed E-state index contributed by atoms with van der Waals surface area (Å²) in [6.45, 7) is 3.73. The lowest BCUT2D eigenvalue weighted by Gasteiger charge is -2.20. The standard InChI is InChI=1S/C14H18FNO3/c1-10(2)12(8-13(15)17)16-14(18)19-9-11-6-4-3-5-7-11/h3-7,10,12H,8-9H2,1-2H3,(H,16,18)/t12-/m1/s1. The van der Waals surface area contributed by atoms with Crippen molar-refractivity contribution >= 4 is 12.1 Å². The number of alkyl carbamates (subject to hydrolysis) is 1. The predicted molar refractivity (Wildman–Crippen MR) is 69.1 cm³/mol. The lowest BCUT2D eigenvalue weighted by molar-refractivity contribution is -0.129. The van der Waals surface area contributed by atoms with Gasteiger partial charge in [-0.3, -0.25) is 4.79 Å². The molecule has 104 valence electrons. The van der Waals surface area contributed by atoms with E-state index in [0.717, 1.165) is 5.56 Å². The van der Waals surface area contributed by atoms with Gasteiger partial charge in [-0.15, -0.1) is 0 Å². The summed E-state index contributed by atoms with van der Waals surface area (Å²) in [4.78, 5) is 22.0. The zero-order chi connectivity index (χ0) is 14.3. The van der Waals surface area contributed by atoms with E-state index in [1.807, 2.05) is 30.3 Å². The maximum Gasteiger partial charge on any atom is 0.407 e. The molecule has 1 atom stereocenters. The van der Waals surface area contributed by atoms with Crippen LogP contribution in [0.25, 0.3) is 0 Å². The molecule has 0 aliphatic rings. The fraction of sp³-hybridized carbons (Fsp3) is 0.429. The highest BCUT2D eigenvalue weighted by molar-refractivity contribution is 5.71. The van der Waals surface area contributed by atoms with Gasteiger partial charge in [0.05, 0.1) is 6.42 Å². The number of halogens is 1. The van der Waals surface area contributed by atoms with E-state index in [-0.39, 0.29) is 18.9 Å². The molecular weight excluding hydrogens is 249 g/mol. The second kappa shape index (κ2) is 7.51. The summed E-state index contributed by atoms with van der Waals surface area (Å²) in [5.41, 5.74) is 0.861. The number of carbonyl (C=O) groups excluding carboxylic acids is 2. The Labute approximate surface area is 112 Å². The average molecular weight is 267 g/mol. The number of rotatable bonds is 6. The highest BCUT2D eigenvalue weighted by Crippen LogP contribution is 2.08. The molecule has 0 saturated carbocycles. The largest absolute Gasteiger partial charge is 0.445 e. The molecule has 0 radical (unpaired) electrons. The van der Waals surface area contributed by atoms with Crippen LogP contribution >= 0.6 is 0 Å². The van der Waals surface area contributed by atoms with E-state index in [4.69, 9.17) is 4.74 Å². The second-order valence-electron chi connectivity index (χ2n) is 4.62. The van der Waals surface area contributed by atoms with Crippen molar-refractivity contribution in [1.29, 1.82) is 0 Å². The van der Waals surface area contributed by atoms with Crippen molar-refractivity contribution in [2.24, 2.45) is 5.92 Å². The van der Waals surface area contributed by atoms with Crippen molar-refractivity contribution in [3.63, 3.8) is 0 Å². The quantitative estimate of drug-likeness (QED) is 0.806. The normalized spacial score (nSPS) is 12.0. The molecule has 0 spiro atoms. The summed E-state index contributed by atoms with van der Waals surface area (Å²) in [6, 6.07) is 7.22. The molecule has 0 unspecified atom stereocenters. The number of benzene rings is 1. The molecule has 0 aliphatic carbocycles. The second-order valence-corrected chi connectivity index (χ2v) is 4.62. The molecule has 1 amide bonds. The monoisotopic (exact) mass is 267 g/mol. The lowest BCUT2D eigenvalue weighted by atomic mass is 10.0. The summed E-state index contributed by atoms with van der Waals surface area (Å²) in [5.74, 6) is -0.0519. The number of ether oxygens (including phenoxy) is 1. The number of carbonyl (C=O) groups is 2. The van der Waals surface area contributed by atoms with Crippen LogP contribution in [-0.2, 0) is 16.1 Å². The summed E-state index contributed by atoms with van der Waals surface area (Å²) in [7, 11) is 0. The summed E-state index contributed by atoms with van der Waals surface area (Å²) < 4.78 is 17.4. The lowest BCUT2D eigenvalue weighted by Crippen LogP contribution is -2.39. The Kier molecular flexibility index (Phi) is 5.99. The molecule has 0 saturated heterocycles. The van der Waals surface area contributed by atoms with Crippen molar-refractivity contribution in [1.82, 2.24) is 5.32 Å². The first-order valence-corrected chi connectivity index (χ1v) is 6.14.